The maximum absolute atomic E-state index is 9.23. The molecule has 0 atom stereocenters. The van der Waals surface area contributed by atoms with E-state index in [9.17, 15) is 5.11 Å². The Balaban J connectivity index is 2.71. The number of rotatable bonds is 2. The second kappa shape index (κ2) is 3.52. The van der Waals surface area contributed by atoms with Crippen molar-refractivity contribution < 1.29 is 5.11 Å². The Morgan fingerprint density at radius 2 is 2.18 bits per heavy atom. The molecule has 0 spiro atoms. The molecule has 0 bridgehead atoms. The Hall–Kier alpha value is -1.62. The molecule has 0 unspecified atom stereocenters. The molecule has 1 aromatic rings. The minimum Gasteiger partial charge on any atom is -0.508 e. The van der Waals surface area contributed by atoms with Crippen LogP contribution in [0, 0.1) is 12.5 Å². The first-order chi connectivity index (χ1) is 5.34. The van der Waals surface area contributed by atoms with E-state index in [2.05, 4.69) is 11.4 Å². The number of aromatic hydroxyl groups is 1. The standard InChI is InChI=1S/C9H9NO/c1-2-10-7-8-5-3-4-6-9(8)11/h1,3-6,10-11H,7H2. The van der Waals surface area contributed by atoms with Crippen molar-refractivity contribution in [3.05, 3.63) is 29.8 Å². The van der Waals surface area contributed by atoms with Crippen molar-refractivity contribution in [2.45, 2.75) is 6.54 Å². The van der Waals surface area contributed by atoms with Gasteiger partial charge in [-0.3, -0.25) is 0 Å². The molecule has 0 aromatic heterocycles. The Bertz CT molecular complexity index is 275. The van der Waals surface area contributed by atoms with E-state index in [1.54, 1.807) is 12.1 Å². The van der Waals surface area contributed by atoms with Gasteiger partial charge in [-0.05, 0) is 6.07 Å². The average Bonchev–Trinajstić information content (AvgIpc) is 2.03. The van der Waals surface area contributed by atoms with Crippen LogP contribution >= 0.6 is 0 Å². The molecule has 1 aromatic carbocycles. The summed E-state index contributed by atoms with van der Waals surface area (Å²) in [4.78, 5) is 0. The lowest BCUT2D eigenvalue weighted by Crippen LogP contribution is -2.04. The minimum atomic E-state index is 0.273. The van der Waals surface area contributed by atoms with E-state index in [-0.39, 0.29) is 5.75 Å². The van der Waals surface area contributed by atoms with Crippen LogP contribution in [-0.2, 0) is 6.54 Å². The fourth-order valence-corrected chi connectivity index (χ4v) is 0.807. The summed E-state index contributed by atoms with van der Waals surface area (Å²) in [6.45, 7) is 0.503. The summed E-state index contributed by atoms with van der Waals surface area (Å²) in [7, 11) is 0. The van der Waals surface area contributed by atoms with Crippen molar-refractivity contribution in [2.24, 2.45) is 0 Å². The van der Waals surface area contributed by atoms with E-state index in [0.717, 1.165) is 5.56 Å². The van der Waals surface area contributed by atoms with Crippen molar-refractivity contribution in [3.63, 3.8) is 0 Å². The zero-order valence-electron chi connectivity index (χ0n) is 6.04. The van der Waals surface area contributed by atoms with Gasteiger partial charge in [0.05, 0.1) is 6.54 Å². The number of para-hydroxylation sites is 1. The molecule has 0 saturated heterocycles. The molecule has 0 fully saturated rings. The molecule has 0 saturated carbocycles. The van der Waals surface area contributed by atoms with Crippen LogP contribution in [0.2, 0.25) is 0 Å². The highest BCUT2D eigenvalue weighted by Gasteiger charge is 1.95. The summed E-state index contributed by atoms with van der Waals surface area (Å²) in [5, 5.41) is 11.9. The third-order valence-electron chi connectivity index (χ3n) is 1.37. The van der Waals surface area contributed by atoms with E-state index < -0.39 is 0 Å². The van der Waals surface area contributed by atoms with Crippen LogP contribution in [-0.4, -0.2) is 5.11 Å². The summed E-state index contributed by atoms with van der Waals surface area (Å²) in [5.74, 6) is 0.273. The zero-order valence-corrected chi connectivity index (χ0v) is 6.04. The lowest BCUT2D eigenvalue weighted by molar-refractivity contribution is 0.467. The van der Waals surface area contributed by atoms with Crippen LogP contribution < -0.4 is 5.32 Å². The number of phenolic OH excluding ortho intramolecular Hbond substituents is 1. The largest absolute Gasteiger partial charge is 0.508 e. The Kier molecular flexibility index (Phi) is 2.40. The Labute approximate surface area is 65.9 Å². The predicted molar refractivity (Wildman–Crippen MR) is 43.8 cm³/mol. The smallest absolute Gasteiger partial charge is 0.120 e. The third-order valence-corrected chi connectivity index (χ3v) is 1.37. The van der Waals surface area contributed by atoms with Gasteiger partial charge in [0.2, 0.25) is 0 Å². The number of hydrogen-bond donors (Lipinski definition) is 2. The molecule has 2 nitrogen and oxygen atoms in total. The highest BCUT2D eigenvalue weighted by atomic mass is 16.3. The van der Waals surface area contributed by atoms with Crippen LogP contribution in [0.15, 0.2) is 24.3 Å². The highest BCUT2D eigenvalue weighted by molar-refractivity contribution is 5.31. The van der Waals surface area contributed by atoms with E-state index in [4.69, 9.17) is 6.42 Å². The van der Waals surface area contributed by atoms with Gasteiger partial charge in [0.15, 0.2) is 0 Å². The molecular formula is C9H9NO. The van der Waals surface area contributed by atoms with E-state index >= 15 is 0 Å². The van der Waals surface area contributed by atoms with Gasteiger partial charge in [0.1, 0.15) is 5.75 Å². The van der Waals surface area contributed by atoms with E-state index in [0.29, 0.717) is 6.54 Å². The Morgan fingerprint density at radius 1 is 1.45 bits per heavy atom. The lowest BCUT2D eigenvalue weighted by atomic mass is 10.2. The first-order valence-electron chi connectivity index (χ1n) is 3.30. The number of phenols is 1. The monoisotopic (exact) mass is 147 g/mol. The van der Waals surface area contributed by atoms with Crippen molar-refractivity contribution in [2.75, 3.05) is 0 Å². The van der Waals surface area contributed by atoms with Gasteiger partial charge < -0.3 is 10.4 Å². The van der Waals surface area contributed by atoms with Crippen LogP contribution in [0.3, 0.4) is 0 Å². The van der Waals surface area contributed by atoms with Crippen molar-refractivity contribution in [1.29, 1.82) is 0 Å². The quantitative estimate of drug-likeness (QED) is 0.484. The van der Waals surface area contributed by atoms with Crippen LogP contribution in [0.4, 0.5) is 0 Å². The number of nitrogens with one attached hydrogen (secondary N) is 1. The Morgan fingerprint density at radius 3 is 2.82 bits per heavy atom. The van der Waals surface area contributed by atoms with Crippen LogP contribution in [0.25, 0.3) is 0 Å². The molecule has 56 valence electrons. The second-order valence-electron chi connectivity index (χ2n) is 2.13. The summed E-state index contributed by atoms with van der Waals surface area (Å²) in [6, 6.07) is 9.36. The summed E-state index contributed by atoms with van der Waals surface area (Å²) < 4.78 is 0. The SMILES string of the molecule is C#CNCc1ccccc1O. The molecule has 2 heteroatoms. The topological polar surface area (TPSA) is 32.3 Å². The van der Waals surface area contributed by atoms with Crippen molar-refractivity contribution >= 4 is 0 Å². The first kappa shape index (κ1) is 7.49. The first-order valence-corrected chi connectivity index (χ1v) is 3.30. The van der Waals surface area contributed by atoms with E-state index in [1.807, 2.05) is 12.1 Å². The fraction of sp³-hybridized carbons (Fsp3) is 0.111. The van der Waals surface area contributed by atoms with Gasteiger partial charge in [-0.1, -0.05) is 24.6 Å². The summed E-state index contributed by atoms with van der Waals surface area (Å²) in [6.07, 6.45) is 4.98. The lowest BCUT2D eigenvalue weighted by Gasteiger charge is -2.01. The van der Waals surface area contributed by atoms with Gasteiger partial charge in [-0.25, -0.2) is 0 Å². The molecular weight excluding hydrogens is 138 g/mol. The minimum absolute atomic E-state index is 0.273. The fourth-order valence-electron chi connectivity index (χ4n) is 0.807. The maximum Gasteiger partial charge on any atom is 0.120 e. The van der Waals surface area contributed by atoms with Crippen molar-refractivity contribution in [3.8, 4) is 18.2 Å². The third kappa shape index (κ3) is 1.91. The normalized spacial score (nSPS) is 8.64. The molecule has 0 aliphatic rings. The van der Waals surface area contributed by atoms with E-state index in [1.165, 1.54) is 0 Å². The second-order valence-corrected chi connectivity index (χ2v) is 2.13. The molecule has 2 N–H and O–H groups in total. The zero-order chi connectivity index (χ0) is 8.10. The molecule has 0 radical (unpaired) electrons. The van der Waals surface area contributed by atoms with Gasteiger partial charge in [-0.2, -0.15) is 0 Å². The molecule has 11 heavy (non-hydrogen) atoms. The van der Waals surface area contributed by atoms with Crippen LogP contribution in [0.5, 0.6) is 5.75 Å². The maximum atomic E-state index is 9.23. The average molecular weight is 147 g/mol. The highest BCUT2D eigenvalue weighted by Crippen LogP contribution is 2.14. The molecule has 0 amide bonds. The number of terminal acetylenes is 1. The van der Waals surface area contributed by atoms with Gasteiger partial charge >= 0.3 is 0 Å². The number of hydrogen-bond acceptors (Lipinski definition) is 2. The summed E-state index contributed by atoms with van der Waals surface area (Å²) in [5.41, 5.74) is 0.811. The molecule has 0 heterocycles. The molecule has 1 rings (SSSR count). The van der Waals surface area contributed by atoms with Crippen LogP contribution in [0.1, 0.15) is 5.56 Å². The predicted octanol–water partition coefficient (Wildman–Crippen LogP) is 1.07. The molecule has 0 aliphatic carbocycles. The van der Waals surface area contributed by atoms with Gasteiger partial charge in [0.25, 0.3) is 0 Å². The van der Waals surface area contributed by atoms with Gasteiger partial charge in [0, 0.05) is 11.6 Å². The van der Waals surface area contributed by atoms with Crippen molar-refractivity contribution in [1.82, 2.24) is 5.32 Å². The summed E-state index contributed by atoms with van der Waals surface area (Å²) >= 11 is 0. The molecule has 0 aliphatic heterocycles. The van der Waals surface area contributed by atoms with Gasteiger partial charge in [-0.15, -0.1) is 0 Å². The number of benzene rings is 1.